The summed E-state index contributed by atoms with van der Waals surface area (Å²) in [7, 11) is 6.22. The fourth-order valence-corrected chi connectivity index (χ4v) is 3.31. The van der Waals surface area contributed by atoms with Crippen LogP contribution in [0.1, 0.15) is 35.3 Å². The molecule has 0 amide bonds. The monoisotopic (exact) mass is 410 g/mol. The van der Waals surface area contributed by atoms with Crippen LogP contribution in [0.25, 0.3) is 12.2 Å². The lowest BCUT2D eigenvalue weighted by molar-refractivity contribution is 0.103. The van der Waals surface area contributed by atoms with Crippen molar-refractivity contribution in [2.75, 3.05) is 28.4 Å². The average molecular weight is 410 g/mol. The number of fused-ring (bicyclic) bond motifs is 1. The van der Waals surface area contributed by atoms with Crippen LogP contribution < -0.4 is 23.7 Å². The minimum absolute atomic E-state index is 0.197. The van der Waals surface area contributed by atoms with E-state index in [0.717, 1.165) is 5.56 Å². The Kier molecular flexibility index (Phi) is 6.06. The van der Waals surface area contributed by atoms with Gasteiger partial charge < -0.3 is 23.7 Å². The Morgan fingerprint density at radius 1 is 0.900 bits per heavy atom. The van der Waals surface area contributed by atoms with E-state index in [1.807, 2.05) is 26.0 Å². The highest BCUT2D eigenvalue weighted by atomic mass is 16.5. The molecule has 0 aliphatic carbocycles. The molecule has 0 fully saturated rings. The Bertz CT molecular complexity index is 1020. The van der Waals surface area contributed by atoms with E-state index in [1.54, 1.807) is 51.7 Å². The van der Waals surface area contributed by atoms with Gasteiger partial charge in [-0.15, -0.1) is 0 Å². The molecular weight excluding hydrogens is 384 g/mol. The van der Waals surface area contributed by atoms with E-state index in [9.17, 15) is 4.79 Å². The van der Waals surface area contributed by atoms with Crippen molar-refractivity contribution in [1.29, 1.82) is 0 Å². The predicted molar refractivity (Wildman–Crippen MR) is 116 cm³/mol. The van der Waals surface area contributed by atoms with Gasteiger partial charge in [-0.2, -0.15) is 0 Å². The zero-order valence-electron chi connectivity index (χ0n) is 18.1. The Labute approximate surface area is 176 Å². The highest BCUT2D eigenvalue weighted by Gasteiger charge is 2.27. The van der Waals surface area contributed by atoms with Gasteiger partial charge in [0.2, 0.25) is 5.75 Å². The lowest BCUT2D eigenvalue weighted by Crippen LogP contribution is -2.28. The molecular formula is C24H26O6. The van der Waals surface area contributed by atoms with Crippen molar-refractivity contribution < 1.29 is 28.5 Å². The average Bonchev–Trinajstić information content (AvgIpc) is 2.74. The summed E-state index contributed by atoms with van der Waals surface area (Å²) < 4.78 is 27.7. The van der Waals surface area contributed by atoms with Crippen LogP contribution in [0.4, 0.5) is 0 Å². The van der Waals surface area contributed by atoms with Crippen LogP contribution in [0.2, 0.25) is 0 Å². The van der Waals surface area contributed by atoms with Crippen LogP contribution >= 0.6 is 0 Å². The lowest BCUT2D eigenvalue weighted by Gasteiger charge is -2.29. The molecule has 158 valence electrons. The SMILES string of the molecule is COc1ccc(C(=O)/C=C/c2ccc(OC)c(OC)c2OC)c2c1C=CC(C)(C)O2. The van der Waals surface area contributed by atoms with Crippen LogP contribution in [0.15, 0.2) is 36.4 Å². The first-order valence-electron chi connectivity index (χ1n) is 9.45. The molecule has 0 saturated heterocycles. The van der Waals surface area contributed by atoms with Gasteiger partial charge in [0.15, 0.2) is 17.3 Å². The Morgan fingerprint density at radius 2 is 1.57 bits per heavy atom. The van der Waals surface area contributed by atoms with Crippen LogP contribution in [0.5, 0.6) is 28.7 Å². The number of ether oxygens (including phenoxy) is 5. The van der Waals surface area contributed by atoms with Gasteiger partial charge in [-0.25, -0.2) is 0 Å². The number of hydrogen-bond donors (Lipinski definition) is 0. The summed E-state index contributed by atoms with van der Waals surface area (Å²) in [5.74, 6) is 2.46. The largest absolute Gasteiger partial charge is 0.496 e. The van der Waals surface area contributed by atoms with E-state index in [-0.39, 0.29) is 5.78 Å². The van der Waals surface area contributed by atoms with Gasteiger partial charge in [0.25, 0.3) is 0 Å². The maximum absolute atomic E-state index is 13.0. The smallest absolute Gasteiger partial charge is 0.203 e. The molecule has 6 heteroatoms. The van der Waals surface area contributed by atoms with Gasteiger partial charge in [0.05, 0.1) is 39.6 Å². The minimum Gasteiger partial charge on any atom is -0.496 e. The minimum atomic E-state index is -0.523. The van der Waals surface area contributed by atoms with E-state index in [2.05, 4.69) is 0 Å². The first-order chi connectivity index (χ1) is 14.3. The van der Waals surface area contributed by atoms with Crippen molar-refractivity contribution >= 4 is 17.9 Å². The van der Waals surface area contributed by atoms with E-state index in [4.69, 9.17) is 23.7 Å². The Morgan fingerprint density at radius 3 is 2.20 bits per heavy atom. The number of ketones is 1. The molecule has 3 rings (SSSR count). The first-order valence-corrected chi connectivity index (χ1v) is 9.45. The molecule has 0 bridgehead atoms. The van der Waals surface area contributed by atoms with Gasteiger partial charge in [-0.3, -0.25) is 4.79 Å². The van der Waals surface area contributed by atoms with Gasteiger partial charge in [0.1, 0.15) is 17.1 Å². The van der Waals surface area contributed by atoms with Crippen molar-refractivity contribution in [2.24, 2.45) is 0 Å². The summed E-state index contributed by atoms with van der Waals surface area (Å²) in [6.07, 6.45) is 7.04. The van der Waals surface area contributed by atoms with Crippen molar-refractivity contribution in [3.05, 3.63) is 53.1 Å². The lowest BCUT2D eigenvalue weighted by atomic mass is 9.97. The Hall–Kier alpha value is -3.41. The molecule has 2 aromatic rings. The summed E-state index contributed by atoms with van der Waals surface area (Å²) in [6, 6.07) is 7.04. The molecule has 0 saturated carbocycles. The summed E-state index contributed by atoms with van der Waals surface area (Å²) in [4.78, 5) is 13.0. The topological polar surface area (TPSA) is 63.2 Å². The van der Waals surface area contributed by atoms with Crippen LogP contribution in [0, 0.1) is 0 Å². The summed E-state index contributed by atoms with van der Waals surface area (Å²) in [6.45, 7) is 3.87. The molecule has 30 heavy (non-hydrogen) atoms. The van der Waals surface area contributed by atoms with Crippen molar-refractivity contribution in [1.82, 2.24) is 0 Å². The number of benzene rings is 2. The normalized spacial score (nSPS) is 14.1. The standard InChI is InChI=1S/C24H26O6/c1-24(2)14-13-17-19(26-3)12-9-16(22(17)30-24)18(25)10-7-15-8-11-20(27-4)23(29-6)21(15)28-5/h7-14H,1-6H3/b10-7+. The molecule has 2 aromatic carbocycles. The summed E-state index contributed by atoms with van der Waals surface area (Å²) >= 11 is 0. The summed E-state index contributed by atoms with van der Waals surface area (Å²) in [5, 5.41) is 0. The zero-order valence-corrected chi connectivity index (χ0v) is 18.1. The molecule has 1 heterocycles. The van der Waals surface area contributed by atoms with Crippen LogP contribution in [-0.4, -0.2) is 39.8 Å². The number of carbonyl (C=O) groups excluding carboxylic acids is 1. The third-order valence-electron chi connectivity index (χ3n) is 4.81. The molecule has 6 nitrogen and oxygen atoms in total. The van der Waals surface area contributed by atoms with E-state index >= 15 is 0 Å². The number of methoxy groups -OCH3 is 4. The fraction of sp³-hybridized carbons (Fsp3) is 0.292. The molecule has 0 radical (unpaired) electrons. The quantitative estimate of drug-likeness (QED) is 0.483. The van der Waals surface area contributed by atoms with Crippen LogP contribution in [0.3, 0.4) is 0 Å². The second kappa shape index (κ2) is 8.53. The zero-order chi connectivity index (χ0) is 21.9. The second-order valence-electron chi connectivity index (χ2n) is 7.22. The number of hydrogen-bond acceptors (Lipinski definition) is 6. The molecule has 0 unspecified atom stereocenters. The van der Waals surface area contributed by atoms with Gasteiger partial charge in [0, 0.05) is 5.56 Å². The highest BCUT2D eigenvalue weighted by Crippen LogP contribution is 2.41. The summed E-state index contributed by atoms with van der Waals surface area (Å²) in [5.41, 5.74) is 1.37. The fourth-order valence-electron chi connectivity index (χ4n) is 3.31. The van der Waals surface area contributed by atoms with E-state index < -0.39 is 5.60 Å². The number of carbonyl (C=O) groups is 1. The first kappa shape index (κ1) is 21.3. The molecule has 1 aliphatic rings. The molecule has 0 N–H and O–H groups in total. The van der Waals surface area contributed by atoms with E-state index in [1.165, 1.54) is 13.2 Å². The van der Waals surface area contributed by atoms with Crippen molar-refractivity contribution in [3.63, 3.8) is 0 Å². The van der Waals surface area contributed by atoms with Crippen LogP contribution in [-0.2, 0) is 0 Å². The Balaban J connectivity index is 2.00. The van der Waals surface area contributed by atoms with Gasteiger partial charge in [-0.1, -0.05) is 0 Å². The maximum Gasteiger partial charge on any atom is 0.203 e. The highest BCUT2D eigenvalue weighted by molar-refractivity contribution is 6.09. The second-order valence-corrected chi connectivity index (χ2v) is 7.22. The maximum atomic E-state index is 13.0. The molecule has 0 aromatic heterocycles. The molecule has 0 spiro atoms. The molecule has 0 atom stereocenters. The van der Waals surface area contributed by atoms with Gasteiger partial charge in [-0.05, 0) is 62.4 Å². The third-order valence-corrected chi connectivity index (χ3v) is 4.81. The number of allylic oxidation sites excluding steroid dienone is 1. The molecule has 1 aliphatic heterocycles. The van der Waals surface area contributed by atoms with Crippen molar-refractivity contribution in [3.8, 4) is 28.7 Å². The predicted octanol–water partition coefficient (Wildman–Crippen LogP) is 4.80. The van der Waals surface area contributed by atoms with Crippen molar-refractivity contribution in [2.45, 2.75) is 19.4 Å². The number of rotatable bonds is 7. The van der Waals surface area contributed by atoms with E-state index in [0.29, 0.717) is 39.9 Å². The third kappa shape index (κ3) is 3.99. The van der Waals surface area contributed by atoms with Gasteiger partial charge >= 0.3 is 0 Å².